The molecule has 0 saturated carbocycles. The minimum Gasteiger partial charge on any atom is -0.491 e. The molecule has 0 aliphatic heterocycles. The zero-order valence-corrected chi connectivity index (χ0v) is 9.32. The Morgan fingerprint density at radius 3 is 2.67 bits per heavy atom. The molecule has 8 heteroatoms. The van der Waals surface area contributed by atoms with Crippen molar-refractivity contribution in [2.45, 2.75) is 12.6 Å². The van der Waals surface area contributed by atoms with Gasteiger partial charge in [-0.05, 0) is 6.07 Å². The van der Waals surface area contributed by atoms with Crippen LogP contribution in [0.15, 0.2) is 12.3 Å². The first-order chi connectivity index (χ1) is 8.34. The second-order valence-electron chi connectivity index (χ2n) is 3.22. The molecule has 0 bridgehead atoms. The van der Waals surface area contributed by atoms with Crippen LogP contribution in [0.2, 0.25) is 0 Å². The summed E-state index contributed by atoms with van der Waals surface area (Å²) in [4.78, 5) is 13.7. The van der Waals surface area contributed by atoms with Gasteiger partial charge in [-0.2, -0.15) is 13.2 Å². The average molecular weight is 265 g/mol. The monoisotopic (exact) mass is 265 g/mol. The molecule has 0 amide bonds. The van der Waals surface area contributed by atoms with Gasteiger partial charge in [0, 0.05) is 0 Å². The summed E-state index contributed by atoms with van der Waals surface area (Å²) in [5, 5.41) is 8.36. The van der Waals surface area contributed by atoms with Gasteiger partial charge in [-0.3, -0.25) is 4.79 Å². The zero-order valence-electron chi connectivity index (χ0n) is 9.32. The fourth-order valence-corrected chi connectivity index (χ4v) is 1.13. The number of carboxylic acids is 1. The van der Waals surface area contributed by atoms with Crippen LogP contribution in [0.1, 0.15) is 12.0 Å². The molecule has 0 fully saturated rings. The zero-order chi connectivity index (χ0) is 13.8. The van der Waals surface area contributed by atoms with Crippen molar-refractivity contribution < 1.29 is 32.5 Å². The van der Waals surface area contributed by atoms with E-state index in [0.29, 0.717) is 6.07 Å². The standard InChI is InChI=1S/C10H10F3NO4/c1-17-9-7(10(11,12)13)4-6(5-14-9)18-3-2-8(15)16/h4-5H,2-3H2,1H3,(H,15,16). The summed E-state index contributed by atoms with van der Waals surface area (Å²) in [6.07, 6.45) is -3.90. The first-order valence-corrected chi connectivity index (χ1v) is 4.80. The minimum absolute atomic E-state index is 0.163. The highest BCUT2D eigenvalue weighted by Gasteiger charge is 2.35. The number of methoxy groups -OCH3 is 1. The smallest absolute Gasteiger partial charge is 0.421 e. The van der Waals surface area contributed by atoms with Crippen molar-refractivity contribution in [3.05, 3.63) is 17.8 Å². The molecule has 0 spiro atoms. The van der Waals surface area contributed by atoms with E-state index in [2.05, 4.69) is 9.72 Å². The van der Waals surface area contributed by atoms with Crippen molar-refractivity contribution in [2.75, 3.05) is 13.7 Å². The van der Waals surface area contributed by atoms with Crippen molar-refractivity contribution in [3.63, 3.8) is 0 Å². The van der Waals surface area contributed by atoms with E-state index in [1.165, 1.54) is 0 Å². The van der Waals surface area contributed by atoms with Crippen LogP contribution < -0.4 is 9.47 Å². The number of hydrogen-bond acceptors (Lipinski definition) is 4. The highest BCUT2D eigenvalue weighted by atomic mass is 19.4. The van der Waals surface area contributed by atoms with E-state index in [4.69, 9.17) is 9.84 Å². The number of aromatic nitrogens is 1. The number of alkyl halides is 3. The molecular weight excluding hydrogens is 255 g/mol. The number of aliphatic carboxylic acids is 1. The average Bonchev–Trinajstić information content (AvgIpc) is 2.27. The molecule has 5 nitrogen and oxygen atoms in total. The van der Waals surface area contributed by atoms with Crippen molar-refractivity contribution in [1.82, 2.24) is 4.98 Å². The van der Waals surface area contributed by atoms with Crippen LogP contribution in [0.5, 0.6) is 11.6 Å². The summed E-state index contributed by atoms with van der Waals surface area (Å²) in [6.45, 7) is -0.235. The lowest BCUT2D eigenvalue weighted by molar-refractivity contribution is -0.140. The molecule has 18 heavy (non-hydrogen) atoms. The van der Waals surface area contributed by atoms with E-state index in [-0.39, 0.29) is 18.8 Å². The van der Waals surface area contributed by atoms with E-state index in [1.54, 1.807) is 0 Å². The second kappa shape index (κ2) is 5.56. The summed E-state index contributed by atoms with van der Waals surface area (Å²) in [5.74, 6) is -1.83. The Bertz CT molecular complexity index is 434. The summed E-state index contributed by atoms with van der Waals surface area (Å²) in [7, 11) is 1.07. The second-order valence-corrected chi connectivity index (χ2v) is 3.22. The summed E-state index contributed by atoms with van der Waals surface area (Å²) in [6, 6.07) is 0.716. The largest absolute Gasteiger partial charge is 0.491 e. The molecule has 0 radical (unpaired) electrons. The number of rotatable bonds is 5. The third-order valence-corrected chi connectivity index (χ3v) is 1.91. The van der Waals surface area contributed by atoms with Crippen molar-refractivity contribution in [3.8, 4) is 11.6 Å². The molecule has 1 rings (SSSR count). The van der Waals surface area contributed by atoms with Crippen LogP contribution in [-0.2, 0) is 11.0 Å². The van der Waals surface area contributed by atoms with Crippen molar-refractivity contribution >= 4 is 5.97 Å². The van der Waals surface area contributed by atoms with Gasteiger partial charge >= 0.3 is 12.1 Å². The molecule has 0 atom stereocenters. The van der Waals surface area contributed by atoms with Gasteiger partial charge in [0.15, 0.2) is 0 Å². The fourth-order valence-electron chi connectivity index (χ4n) is 1.13. The summed E-state index contributed by atoms with van der Waals surface area (Å²) >= 11 is 0. The molecule has 0 unspecified atom stereocenters. The SMILES string of the molecule is COc1ncc(OCCC(=O)O)cc1C(F)(F)F. The molecule has 0 aliphatic rings. The van der Waals surface area contributed by atoms with E-state index in [1.807, 2.05) is 0 Å². The number of halogens is 3. The maximum Gasteiger partial charge on any atom is 0.421 e. The fraction of sp³-hybridized carbons (Fsp3) is 0.400. The summed E-state index contributed by atoms with van der Waals surface area (Å²) in [5.41, 5.74) is -1.07. The molecule has 1 aromatic rings. The predicted octanol–water partition coefficient (Wildman–Crippen LogP) is 1.96. The Hall–Kier alpha value is -1.99. The van der Waals surface area contributed by atoms with E-state index < -0.39 is 23.6 Å². The van der Waals surface area contributed by atoms with E-state index in [9.17, 15) is 18.0 Å². The Labute approximate surface area is 100 Å². The Kier molecular flexibility index (Phi) is 4.35. The number of carboxylic acid groups (broad SMARTS) is 1. The normalized spacial score (nSPS) is 11.1. The highest BCUT2D eigenvalue weighted by molar-refractivity contribution is 5.66. The van der Waals surface area contributed by atoms with Crippen LogP contribution in [0.4, 0.5) is 13.2 Å². The first-order valence-electron chi connectivity index (χ1n) is 4.80. The van der Waals surface area contributed by atoms with Gasteiger partial charge in [0.05, 0.1) is 26.3 Å². The Balaban J connectivity index is 2.86. The maximum atomic E-state index is 12.6. The van der Waals surface area contributed by atoms with Crippen LogP contribution >= 0.6 is 0 Å². The van der Waals surface area contributed by atoms with Gasteiger partial charge in [0.2, 0.25) is 5.88 Å². The molecular formula is C10H10F3NO4. The third-order valence-electron chi connectivity index (χ3n) is 1.91. The molecule has 1 N–H and O–H groups in total. The van der Waals surface area contributed by atoms with Gasteiger partial charge in [-0.25, -0.2) is 4.98 Å². The van der Waals surface area contributed by atoms with Gasteiger partial charge in [0.1, 0.15) is 11.3 Å². The van der Waals surface area contributed by atoms with Crippen LogP contribution in [0.25, 0.3) is 0 Å². The van der Waals surface area contributed by atoms with E-state index in [0.717, 1.165) is 13.3 Å². The number of carbonyl (C=O) groups is 1. The Morgan fingerprint density at radius 2 is 2.17 bits per heavy atom. The number of hydrogen-bond donors (Lipinski definition) is 1. The topological polar surface area (TPSA) is 68.7 Å². The van der Waals surface area contributed by atoms with Gasteiger partial charge in [-0.1, -0.05) is 0 Å². The number of pyridine rings is 1. The molecule has 0 aliphatic carbocycles. The van der Waals surface area contributed by atoms with Gasteiger partial charge in [0.25, 0.3) is 0 Å². The molecule has 100 valence electrons. The van der Waals surface area contributed by atoms with Gasteiger partial charge in [-0.15, -0.1) is 0 Å². The van der Waals surface area contributed by atoms with Crippen molar-refractivity contribution in [1.29, 1.82) is 0 Å². The Morgan fingerprint density at radius 1 is 1.50 bits per heavy atom. The minimum atomic E-state index is -4.62. The van der Waals surface area contributed by atoms with Crippen LogP contribution in [0, 0.1) is 0 Å². The number of nitrogens with zero attached hydrogens (tertiary/aromatic N) is 1. The van der Waals surface area contributed by atoms with Crippen molar-refractivity contribution in [2.24, 2.45) is 0 Å². The lowest BCUT2D eigenvalue weighted by Crippen LogP contribution is -2.10. The van der Waals surface area contributed by atoms with E-state index >= 15 is 0 Å². The van der Waals surface area contributed by atoms with Crippen LogP contribution in [0.3, 0.4) is 0 Å². The summed E-state index contributed by atoms with van der Waals surface area (Å²) < 4.78 is 47.1. The molecule has 1 heterocycles. The maximum absolute atomic E-state index is 12.6. The quantitative estimate of drug-likeness (QED) is 0.881. The van der Waals surface area contributed by atoms with Crippen LogP contribution in [-0.4, -0.2) is 29.8 Å². The third kappa shape index (κ3) is 3.79. The number of ether oxygens (including phenoxy) is 2. The molecule has 0 saturated heterocycles. The molecule has 1 aromatic heterocycles. The molecule has 0 aromatic carbocycles. The first kappa shape index (κ1) is 14.1. The van der Waals surface area contributed by atoms with Gasteiger partial charge < -0.3 is 14.6 Å². The lowest BCUT2D eigenvalue weighted by Gasteiger charge is -2.12. The highest BCUT2D eigenvalue weighted by Crippen LogP contribution is 2.36. The lowest BCUT2D eigenvalue weighted by atomic mass is 10.2. The predicted molar refractivity (Wildman–Crippen MR) is 53.5 cm³/mol.